The minimum absolute atomic E-state index is 0.399. The van der Waals surface area contributed by atoms with Crippen molar-refractivity contribution in [1.82, 2.24) is 28.7 Å². The fourth-order valence-corrected chi connectivity index (χ4v) is 4.16. The largest absolute Gasteiger partial charge is 0.382 e. The molecular weight excluding hydrogens is 386 g/mol. The molecule has 3 N–H and O–H groups in total. The first-order valence-electron chi connectivity index (χ1n) is 6.21. The molecule has 110 valence electrons. The number of imidazole rings is 1. The molecule has 0 aliphatic heterocycles. The number of anilines is 1. The topological polar surface area (TPSA) is 106 Å². The molecule has 0 radical (unpaired) electrons. The Morgan fingerprint density at radius 2 is 2.18 bits per heavy atom. The number of nitrogens with one attached hydrogen (secondary N) is 1. The van der Waals surface area contributed by atoms with E-state index in [0.717, 1.165) is 26.2 Å². The molecule has 0 bridgehead atoms. The highest BCUT2D eigenvalue weighted by atomic mass is 79.9. The normalized spacial score (nSPS) is 11.5. The summed E-state index contributed by atoms with van der Waals surface area (Å²) < 4.78 is 9.64. The lowest BCUT2D eigenvalue weighted by Crippen LogP contribution is -1.91. The number of thioether (sulfide) groups is 1. The summed E-state index contributed by atoms with van der Waals surface area (Å²) in [5, 5.41) is 0.745. The summed E-state index contributed by atoms with van der Waals surface area (Å²) in [6, 6.07) is 3.94. The van der Waals surface area contributed by atoms with E-state index in [1.54, 1.807) is 11.8 Å². The molecule has 0 saturated carbocycles. The van der Waals surface area contributed by atoms with E-state index in [0.29, 0.717) is 22.7 Å². The average molecular weight is 394 g/mol. The lowest BCUT2D eigenvalue weighted by Gasteiger charge is -2.03. The quantitative estimate of drug-likeness (QED) is 0.515. The molecule has 0 atom stereocenters. The molecule has 0 amide bonds. The van der Waals surface area contributed by atoms with E-state index in [9.17, 15) is 0 Å². The molecule has 0 fully saturated rings. The molecule has 0 aliphatic carbocycles. The predicted octanol–water partition coefficient (Wildman–Crippen LogP) is 2.99. The van der Waals surface area contributed by atoms with Gasteiger partial charge in [0.25, 0.3) is 0 Å². The summed E-state index contributed by atoms with van der Waals surface area (Å²) >= 11 is 6.34. The van der Waals surface area contributed by atoms with Gasteiger partial charge in [-0.1, -0.05) is 27.7 Å². The van der Waals surface area contributed by atoms with Crippen LogP contribution in [-0.2, 0) is 5.75 Å². The molecule has 3 aromatic heterocycles. The van der Waals surface area contributed by atoms with Crippen LogP contribution in [0.2, 0.25) is 0 Å². The Bertz CT molecular complexity index is 980. The summed E-state index contributed by atoms with van der Waals surface area (Å²) in [5.41, 5.74) is 9.96. The highest BCUT2D eigenvalue weighted by molar-refractivity contribution is 9.10. The van der Waals surface area contributed by atoms with E-state index in [1.165, 1.54) is 18.1 Å². The van der Waals surface area contributed by atoms with Crippen LogP contribution in [0.3, 0.4) is 0 Å². The van der Waals surface area contributed by atoms with Crippen molar-refractivity contribution in [3.05, 3.63) is 28.5 Å². The van der Waals surface area contributed by atoms with Gasteiger partial charge in [-0.05, 0) is 12.1 Å². The van der Waals surface area contributed by atoms with Crippen molar-refractivity contribution in [3.63, 3.8) is 0 Å². The maximum Gasteiger partial charge on any atom is 0.183 e. The Kier molecular flexibility index (Phi) is 3.43. The van der Waals surface area contributed by atoms with Crippen LogP contribution in [-0.4, -0.2) is 28.7 Å². The summed E-state index contributed by atoms with van der Waals surface area (Å²) in [6.07, 6.45) is 1.41. The van der Waals surface area contributed by atoms with Crippen molar-refractivity contribution in [2.24, 2.45) is 0 Å². The van der Waals surface area contributed by atoms with Gasteiger partial charge in [0.2, 0.25) is 0 Å². The van der Waals surface area contributed by atoms with E-state index >= 15 is 0 Å². The third-order valence-corrected chi connectivity index (χ3v) is 5.31. The Morgan fingerprint density at radius 3 is 3.05 bits per heavy atom. The van der Waals surface area contributed by atoms with E-state index in [2.05, 4.69) is 44.6 Å². The van der Waals surface area contributed by atoms with Gasteiger partial charge in [0.15, 0.2) is 16.6 Å². The van der Waals surface area contributed by atoms with Gasteiger partial charge in [0, 0.05) is 15.8 Å². The third kappa shape index (κ3) is 2.32. The molecule has 0 saturated heterocycles. The zero-order valence-electron chi connectivity index (χ0n) is 10.9. The Hall–Kier alpha value is -1.78. The lowest BCUT2D eigenvalue weighted by atomic mass is 10.2. The maximum absolute atomic E-state index is 5.81. The van der Waals surface area contributed by atoms with Crippen molar-refractivity contribution in [3.8, 4) is 0 Å². The van der Waals surface area contributed by atoms with Gasteiger partial charge in [-0.25, -0.2) is 15.0 Å². The van der Waals surface area contributed by atoms with Crippen molar-refractivity contribution in [2.75, 3.05) is 5.73 Å². The van der Waals surface area contributed by atoms with E-state index in [4.69, 9.17) is 5.73 Å². The third-order valence-electron chi connectivity index (χ3n) is 3.12. The number of fused-ring (bicyclic) bond motifs is 2. The Labute approximate surface area is 141 Å². The molecule has 4 rings (SSSR count). The Morgan fingerprint density at radius 1 is 1.27 bits per heavy atom. The van der Waals surface area contributed by atoms with E-state index in [-0.39, 0.29) is 0 Å². The van der Waals surface area contributed by atoms with Crippen LogP contribution < -0.4 is 5.73 Å². The SMILES string of the molecule is Nc1ncnc2nc(SCc3c(Br)ccc4nsnc34)[nH]c12. The first-order valence-corrected chi connectivity index (χ1v) is 8.72. The van der Waals surface area contributed by atoms with Crippen LogP contribution in [0.5, 0.6) is 0 Å². The van der Waals surface area contributed by atoms with Gasteiger partial charge < -0.3 is 10.7 Å². The first kappa shape index (κ1) is 13.9. The number of nitrogens with two attached hydrogens (primary N) is 1. The van der Waals surface area contributed by atoms with Gasteiger partial charge in [0.05, 0.1) is 11.7 Å². The van der Waals surface area contributed by atoms with Gasteiger partial charge in [-0.2, -0.15) is 8.75 Å². The number of nitrogens with zero attached hydrogens (tertiary/aromatic N) is 5. The van der Waals surface area contributed by atoms with Crippen molar-refractivity contribution >= 4 is 67.4 Å². The smallest absolute Gasteiger partial charge is 0.183 e. The van der Waals surface area contributed by atoms with Gasteiger partial charge in [-0.3, -0.25) is 0 Å². The molecule has 10 heteroatoms. The second-order valence-corrected chi connectivity index (χ2v) is 6.79. The average Bonchev–Trinajstić information content (AvgIpc) is 3.13. The number of rotatable bonds is 3. The van der Waals surface area contributed by atoms with Gasteiger partial charge >= 0.3 is 0 Å². The van der Waals surface area contributed by atoms with Crippen LogP contribution in [0.15, 0.2) is 28.1 Å². The second kappa shape index (κ2) is 5.45. The van der Waals surface area contributed by atoms with Crippen molar-refractivity contribution in [1.29, 1.82) is 0 Å². The van der Waals surface area contributed by atoms with Gasteiger partial charge in [0.1, 0.15) is 22.9 Å². The standard InChI is InChI=1S/C12H8BrN7S2/c13-6-1-2-7-8(20-22-19-7)5(6)3-21-12-17-9-10(14)15-4-16-11(9)18-12/h1-2,4H,3H2,(H3,14,15,16,17,18). The molecule has 4 aromatic rings. The number of aromatic amines is 1. The maximum atomic E-state index is 5.81. The van der Waals surface area contributed by atoms with Crippen LogP contribution in [0.4, 0.5) is 5.82 Å². The highest BCUT2D eigenvalue weighted by Gasteiger charge is 2.12. The van der Waals surface area contributed by atoms with Crippen LogP contribution in [0, 0.1) is 0 Å². The summed E-state index contributed by atoms with van der Waals surface area (Å²) in [4.78, 5) is 15.6. The number of aromatic nitrogens is 6. The summed E-state index contributed by atoms with van der Waals surface area (Å²) in [5.74, 6) is 1.10. The number of hydrogen-bond acceptors (Lipinski definition) is 8. The fraction of sp³-hybridized carbons (Fsp3) is 0.0833. The van der Waals surface area contributed by atoms with Crippen LogP contribution in [0.1, 0.15) is 5.56 Å². The monoisotopic (exact) mass is 393 g/mol. The van der Waals surface area contributed by atoms with Crippen molar-refractivity contribution in [2.45, 2.75) is 10.9 Å². The molecule has 0 unspecified atom stereocenters. The molecule has 0 aliphatic rings. The minimum atomic E-state index is 0.399. The van der Waals surface area contributed by atoms with Crippen LogP contribution in [0.25, 0.3) is 22.2 Å². The molecule has 1 aromatic carbocycles. The number of halogens is 1. The molecule has 3 heterocycles. The number of benzene rings is 1. The Balaban J connectivity index is 1.67. The second-order valence-electron chi connectivity index (χ2n) is 4.45. The summed E-state index contributed by atoms with van der Waals surface area (Å²) in [7, 11) is 0. The molecule has 7 nitrogen and oxygen atoms in total. The summed E-state index contributed by atoms with van der Waals surface area (Å²) in [6.45, 7) is 0. The minimum Gasteiger partial charge on any atom is -0.382 e. The van der Waals surface area contributed by atoms with Crippen molar-refractivity contribution < 1.29 is 0 Å². The number of hydrogen-bond donors (Lipinski definition) is 2. The van der Waals surface area contributed by atoms with Crippen LogP contribution >= 0.6 is 39.4 Å². The van der Waals surface area contributed by atoms with Gasteiger partial charge in [-0.15, -0.1) is 0 Å². The fourth-order valence-electron chi connectivity index (χ4n) is 2.05. The highest BCUT2D eigenvalue weighted by Crippen LogP contribution is 2.31. The van der Waals surface area contributed by atoms with E-state index < -0.39 is 0 Å². The number of nitrogen functional groups attached to an aromatic ring is 1. The predicted molar refractivity (Wildman–Crippen MR) is 90.8 cm³/mol. The van der Waals surface area contributed by atoms with E-state index in [1.807, 2.05) is 12.1 Å². The molecule has 22 heavy (non-hydrogen) atoms. The molecular formula is C12H8BrN7S2. The lowest BCUT2D eigenvalue weighted by molar-refractivity contribution is 1.07. The number of H-pyrrole nitrogens is 1. The zero-order chi connectivity index (χ0) is 15.1. The molecule has 0 spiro atoms. The first-order chi connectivity index (χ1) is 10.7. The zero-order valence-corrected chi connectivity index (χ0v) is 14.2.